The number of methoxy groups -OCH3 is 1. The van der Waals surface area contributed by atoms with Crippen molar-refractivity contribution in [2.75, 3.05) is 25.2 Å². The molecule has 0 N–H and O–H groups in total. The molecular formula is C23H28BrClN2O6. The molecular weight excluding hydrogens is 516 g/mol. The third-order valence-electron chi connectivity index (χ3n) is 4.53. The average Bonchev–Trinajstić information content (AvgIpc) is 2.74. The fourth-order valence-electron chi connectivity index (χ4n) is 3.06. The van der Waals surface area contributed by atoms with E-state index in [1.807, 2.05) is 6.92 Å². The summed E-state index contributed by atoms with van der Waals surface area (Å²) < 4.78 is 17.6. The van der Waals surface area contributed by atoms with Gasteiger partial charge >= 0.3 is 6.09 Å². The molecule has 0 heterocycles. The predicted octanol–water partition coefficient (Wildman–Crippen LogP) is 7.19. The first-order chi connectivity index (χ1) is 15.5. The Morgan fingerprint density at radius 2 is 1.97 bits per heavy atom. The molecule has 0 aromatic heterocycles. The van der Waals surface area contributed by atoms with Gasteiger partial charge in [0.25, 0.3) is 5.69 Å². The molecule has 0 aliphatic rings. The number of nitro benzene ring substituents is 1. The first-order valence-electron chi connectivity index (χ1n) is 10.4. The standard InChI is InChI=1S/C23H28BrClN2O6/c1-6-7-11-32-18-14-17(26(10-8-9-25)22(28)33-23(2,3)4)21(24)20-16(18)12-15(27(29)30)13-19(20)31-5/h8-9,12-14H,6-7,10-11H2,1-5H3/b9-8+. The highest BCUT2D eigenvalue weighted by Crippen LogP contribution is 2.46. The number of unbranched alkanes of at least 4 members (excludes halogenated alkanes) is 1. The SMILES string of the molecule is CCCCOc1cc(N(C/C=C/Cl)C(=O)OC(C)(C)C)c(Br)c2c(OC)cc([N+](=O)[O-])cc12. The lowest BCUT2D eigenvalue weighted by Crippen LogP contribution is -2.37. The van der Waals surface area contributed by atoms with Crippen LogP contribution in [0.5, 0.6) is 11.5 Å². The van der Waals surface area contributed by atoms with E-state index < -0.39 is 16.6 Å². The quantitative estimate of drug-likeness (QED) is 0.189. The Kier molecular flexibility index (Phi) is 9.36. The fraction of sp³-hybridized carbons (Fsp3) is 0.435. The monoisotopic (exact) mass is 542 g/mol. The van der Waals surface area contributed by atoms with Gasteiger partial charge in [-0.1, -0.05) is 31.0 Å². The largest absolute Gasteiger partial charge is 0.496 e. The van der Waals surface area contributed by atoms with Crippen molar-refractivity contribution in [1.29, 1.82) is 0 Å². The molecule has 0 atom stereocenters. The zero-order valence-corrected chi connectivity index (χ0v) is 21.7. The van der Waals surface area contributed by atoms with Crippen molar-refractivity contribution in [2.45, 2.75) is 46.1 Å². The maximum absolute atomic E-state index is 13.1. The van der Waals surface area contributed by atoms with Crippen molar-refractivity contribution >= 4 is 55.8 Å². The second-order valence-corrected chi connectivity index (χ2v) is 9.24. The van der Waals surface area contributed by atoms with Crippen molar-refractivity contribution in [3.63, 3.8) is 0 Å². The molecule has 10 heteroatoms. The Morgan fingerprint density at radius 1 is 1.27 bits per heavy atom. The number of benzene rings is 2. The molecule has 0 fully saturated rings. The minimum absolute atomic E-state index is 0.131. The molecule has 2 aromatic carbocycles. The third kappa shape index (κ3) is 6.74. The molecule has 0 bridgehead atoms. The normalized spacial score (nSPS) is 11.6. The van der Waals surface area contributed by atoms with Gasteiger partial charge in [-0.05, 0) is 43.1 Å². The molecule has 0 aliphatic carbocycles. The highest BCUT2D eigenvalue weighted by atomic mass is 79.9. The molecule has 1 amide bonds. The fourth-order valence-corrected chi connectivity index (χ4v) is 3.87. The van der Waals surface area contributed by atoms with E-state index in [0.717, 1.165) is 12.8 Å². The van der Waals surface area contributed by atoms with Crippen LogP contribution in [0.1, 0.15) is 40.5 Å². The molecule has 0 saturated heterocycles. The lowest BCUT2D eigenvalue weighted by molar-refractivity contribution is -0.384. The molecule has 180 valence electrons. The summed E-state index contributed by atoms with van der Waals surface area (Å²) in [6.45, 7) is 7.90. The number of nitrogens with zero attached hydrogens (tertiary/aromatic N) is 2. The second-order valence-electron chi connectivity index (χ2n) is 8.19. The van der Waals surface area contributed by atoms with Gasteiger partial charge in [0, 0.05) is 35.0 Å². The van der Waals surface area contributed by atoms with Crippen LogP contribution in [0.25, 0.3) is 10.8 Å². The molecule has 0 saturated carbocycles. The Hall–Kier alpha value is -2.52. The molecule has 2 aromatic rings. The summed E-state index contributed by atoms with van der Waals surface area (Å²) in [6, 6.07) is 4.44. The molecule has 8 nitrogen and oxygen atoms in total. The van der Waals surface area contributed by atoms with E-state index in [1.165, 1.54) is 29.7 Å². The van der Waals surface area contributed by atoms with Crippen LogP contribution in [0.2, 0.25) is 0 Å². The number of amides is 1. The zero-order chi connectivity index (χ0) is 24.8. The van der Waals surface area contributed by atoms with Crippen LogP contribution in [0.4, 0.5) is 16.2 Å². The number of hydrogen-bond acceptors (Lipinski definition) is 6. The number of fused-ring (bicyclic) bond motifs is 1. The topological polar surface area (TPSA) is 91.1 Å². The van der Waals surface area contributed by atoms with Crippen LogP contribution in [-0.2, 0) is 4.74 Å². The summed E-state index contributed by atoms with van der Waals surface area (Å²) >= 11 is 9.32. The van der Waals surface area contributed by atoms with Gasteiger partial charge in [0.05, 0.1) is 34.9 Å². The maximum atomic E-state index is 13.1. The lowest BCUT2D eigenvalue weighted by atomic mass is 10.1. The smallest absolute Gasteiger partial charge is 0.415 e. The summed E-state index contributed by atoms with van der Waals surface area (Å²) in [5, 5.41) is 12.5. The number of hydrogen-bond donors (Lipinski definition) is 0. The van der Waals surface area contributed by atoms with Crippen LogP contribution < -0.4 is 14.4 Å². The summed E-state index contributed by atoms with van der Waals surface area (Å²) in [6.07, 6.45) is 2.73. The summed E-state index contributed by atoms with van der Waals surface area (Å²) in [7, 11) is 1.43. The molecule has 0 spiro atoms. The summed E-state index contributed by atoms with van der Waals surface area (Å²) in [5.74, 6) is 0.660. The number of carbonyl (C=O) groups excluding carboxylic acids is 1. The number of carbonyl (C=O) groups is 1. The maximum Gasteiger partial charge on any atom is 0.415 e. The lowest BCUT2D eigenvalue weighted by Gasteiger charge is -2.28. The Balaban J connectivity index is 2.81. The number of halogens is 2. The van der Waals surface area contributed by atoms with E-state index in [9.17, 15) is 14.9 Å². The van der Waals surface area contributed by atoms with Gasteiger partial charge in [0.15, 0.2) is 0 Å². The van der Waals surface area contributed by atoms with Crippen molar-refractivity contribution in [3.05, 3.63) is 44.4 Å². The number of rotatable bonds is 9. The number of ether oxygens (including phenoxy) is 3. The highest BCUT2D eigenvalue weighted by Gasteiger charge is 2.28. The van der Waals surface area contributed by atoms with E-state index in [4.69, 9.17) is 25.8 Å². The molecule has 2 rings (SSSR count). The van der Waals surface area contributed by atoms with Crippen molar-refractivity contribution in [1.82, 2.24) is 0 Å². The minimum atomic E-state index is -0.720. The van der Waals surface area contributed by atoms with E-state index >= 15 is 0 Å². The Morgan fingerprint density at radius 3 is 2.52 bits per heavy atom. The summed E-state index contributed by atoms with van der Waals surface area (Å²) in [5.41, 5.74) is 0.912. The van der Waals surface area contributed by atoms with Gasteiger partial charge in [-0.25, -0.2) is 4.79 Å². The predicted molar refractivity (Wildman–Crippen MR) is 134 cm³/mol. The molecule has 0 unspecified atom stereocenters. The van der Waals surface area contributed by atoms with Gasteiger partial charge < -0.3 is 14.2 Å². The number of anilines is 1. The number of non-ortho nitro benzene ring substituents is 1. The molecule has 0 aliphatic heterocycles. The second kappa shape index (κ2) is 11.6. The average molecular weight is 544 g/mol. The van der Waals surface area contributed by atoms with E-state index in [-0.39, 0.29) is 18.0 Å². The Bertz CT molecular complexity index is 1050. The van der Waals surface area contributed by atoms with Gasteiger partial charge in [-0.15, -0.1) is 0 Å². The van der Waals surface area contributed by atoms with Crippen molar-refractivity contribution in [3.8, 4) is 11.5 Å². The molecule has 33 heavy (non-hydrogen) atoms. The minimum Gasteiger partial charge on any atom is -0.496 e. The van der Waals surface area contributed by atoms with Gasteiger partial charge in [-0.3, -0.25) is 15.0 Å². The van der Waals surface area contributed by atoms with Crippen LogP contribution in [0.3, 0.4) is 0 Å². The van der Waals surface area contributed by atoms with Crippen molar-refractivity contribution in [2.24, 2.45) is 0 Å². The highest BCUT2D eigenvalue weighted by molar-refractivity contribution is 9.10. The van der Waals surface area contributed by atoms with Gasteiger partial charge in [0.1, 0.15) is 17.1 Å². The van der Waals surface area contributed by atoms with Crippen molar-refractivity contribution < 1.29 is 23.9 Å². The van der Waals surface area contributed by atoms with Gasteiger partial charge in [0.2, 0.25) is 0 Å². The van der Waals surface area contributed by atoms with Crippen LogP contribution in [-0.4, -0.2) is 36.9 Å². The third-order valence-corrected chi connectivity index (χ3v) is 5.51. The van der Waals surface area contributed by atoms with Crippen LogP contribution >= 0.6 is 27.5 Å². The van der Waals surface area contributed by atoms with E-state index in [0.29, 0.717) is 33.3 Å². The van der Waals surface area contributed by atoms with Crippen LogP contribution in [0, 0.1) is 10.1 Å². The van der Waals surface area contributed by atoms with E-state index in [1.54, 1.807) is 32.9 Å². The summed E-state index contributed by atoms with van der Waals surface area (Å²) in [4.78, 5) is 25.5. The Labute approximate surface area is 206 Å². The van der Waals surface area contributed by atoms with E-state index in [2.05, 4.69) is 15.9 Å². The van der Waals surface area contributed by atoms with Crippen LogP contribution in [0.15, 0.2) is 34.3 Å². The molecule has 0 radical (unpaired) electrons. The zero-order valence-electron chi connectivity index (χ0n) is 19.3. The van der Waals surface area contributed by atoms with Gasteiger partial charge in [-0.2, -0.15) is 0 Å². The number of nitro groups is 1. The first-order valence-corrected chi connectivity index (χ1v) is 11.6. The first kappa shape index (κ1) is 26.7.